The topological polar surface area (TPSA) is 73.2 Å². The molecule has 6 nitrogen and oxygen atoms in total. The van der Waals surface area contributed by atoms with Gasteiger partial charge in [0.15, 0.2) is 5.78 Å². The molecule has 0 bridgehead atoms. The maximum Gasteiger partial charge on any atom is 0.251 e. The van der Waals surface area contributed by atoms with Crippen molar-refractivity contribution in [1.82, 2.24) is 15.1 Å². The molecule has 0 atom stereocenters. The first-order valence-electron chi connectivity index (χ1n) is 13.0. The van der Waals surface area contributed by atoms with Crippen LogP contribution >= 0.6 is 0 Å². The Morgan fingerprint density at radius 1 is 0.846 bits per heavy atom. The van der Waals surface area contributed by atoms with Gasteiger partial charge in [0.2, 0.25) is 0 Å². The van der Waals surface area contributed by atoms with Crippen LogP contribution in [0.3, 0.4) is 0 Å². The molecule has 0 radical (unpaired) electrons. The number of nitrogens with zero attached hydrogens (tertiary/aromatic N) is 2. The number of carbonyl (C=O) groups excluding carboxylic acids is 2. The van der Waals surface area contributed by atoms with Crippen molar-refractivity contribution in [2.75, 3.05) is 7.05 Å². The molecule has 0 aliphatic carbocycles. The number of aromatic nitrogens is 2. The van der Waals surface area contributed by atoms with Crippen LogP contribution in [0.4, 0.5) is 0 Å². The van der Waals surface area contributed by atoms with Crippen molar-refractivity contribution in [3.05, 3.63) is 130 Å². The second kappa shape index (κ2) is 11.4. The van der Waals surface area contributed by atoms with Crippen LogP contribution < -0.4 is 10.1 Å². The number of ketones is 1. The summed E-state index contributed by atoms with van der Waals surface area (Å²) in [6, 6.07) is 29.3. The van der Waals surface area contributed by atoms with Crippen LogP contribution in [-0.4, -0.2) is 28.5 Å². The zero-order valence-corrected chi connectivity index (χ0v) is 22.4. The first kappa shape index (κ1) is 25.9. The lowest BCUT2D eigenvalue weighted by atomic mass is 10.0. The summed E-state index contributed by atoms with van der Waals surface area (Å²) in [5, 5.41) is 9.56. The Labute approximate surface area is 228 Å². The monoisotopic (exact) mass is 517 g/mol. The van der Waals surface area contributed by atoms with Gasteiger partial charge in [0.1, 0.15) is 12.4 Å². The molecule has 5 rings (SSSR count). The molecule has 39 heavy (non-hydrogen) atoms. The highest BCUT2D eigenvalue weighted by atomic mass is 16.5. The van der Waals surface area contributed by atoms with E-state index in [0.717, 1.165) is 44.6 Å². The third-order valence-corrected chi connectivity index (χ3v) is 7.04. The summed E-state index contributed by atoms with van der Waals surface area (Å²) < 4.78 is 7.99. The van der Waals surface area contributed by atoms with Crippen LogP contribution in [-0.2, 0) is 19.6 Å². The number of rotatable bonds is 9. The van der Waals surface area contributed by atoms with E-state index >= 15 is 0 Å². The summed E-state index contributed by atoms with van der Waals surface area (Å²) in [6.45, 7) is 4.87. The first-order chi connectivity index (χ1) is 18.9. The van der Waals surface area contributed by atoms with E-state index < -0.39 is 0 Å². The minimum atomic E-state index is -0.123. The number of benzene rings is 4. The van der Waals surface area contributed by atoms with Crippen LogP contribution in [0.15, 0.2) is 91.0 Å². The van der Waals surface area contributed by atoms with Crippen molar-refractivity contribution in [3.8, 4) is 5.75 Å². The largest absolute Gasteiger partial charge is 0.488 e. The molecule has 5 aromatic rings. The average molecular weight is 518 g/mol. The highest BCUT2D eigenvalue weighted by Crippen LogP contribution is 2.26. The van der Waals surface area contributed by atoms with Crippen LogP contribution in [0.5, 0.6) is 5.75 Å². The van der Waals surface area contributed by atoms with Gasteiger partial charge in [-0.15, -0.1) is 0 Å². The second-order valence-corrected chi connectivity index (χ2v) is 9.65. The molecule has 0 unspecified atom stereocenters. The van der Waals surface area contributed by atoms with Crippen LogP contribution in [0.25, 0.3) is 10.8 Å². The van der Waals surface area contributed by atoms with E-state index in [1.807, 2.05) is 85.3 Å². The number of Topliss-reactive ketones (excluding diaryl/α,β-unsaturated/α-hetero) is 1. The van der Waals surface area contributed by atoms with Gasteiger partial charge in [-0.2, -0.15) is 5.10 Å². The Bertz CT molecular complexity index is 1650. The van der Waals surface area contributed by atoms with Crippen molar-refractivity contribution in [2.24, 2.45) is 0 Å². The van der Waals surface area contributed by atoms with Crippen LogP contribution in [0.1, 0.15) is 48.8 Å². The lowest BCUT2D eigenvalue weighted by Gasteiger charge is -2.10. The van der Waals surface area contributed by atoms with E-state index in [-0.39, 0.29) is 18.1 Å². The summed E-state index contributed by atoms with van der Waals surface area (Å²) >= 11 is 0. The molecule has 196 valence electrons. The van der Waals surface area contributed by atoms with Gasteiger partial charge in [0.25, 0.3) is 5.91 Å². The summed E-state index contributed by atoms with van der Waals surface area (Å²) in [5.41, 5.74) is 5.96. The molecule has 0 saturated carbocycles. The van der Waals surface area contributed by atoms with Gasteiger partial charge >= 0.3 is 0 Å². The van der Waals surface area contributed by atoms with Gasteiger partial charge in [-0.1, -0.05) is 72.8 Å². The predicted octanol–water partition coefficient (Wildman–Crippen LogP) is 6.07. The molecule has 0 aliphatic rings. The number of hydrogen-bond donors (Lipinski definition) is 1. The maximum absolute atomic E-state index is 13.2. The van der Waals surface area contributed by atoms with Crippen LogP contribution in [0.2, 0.25) is 0 Å². The first-order valence-corrected chi connectivity index (χ1v) is 13.0. The van der Waals surface area contributed by atoms with Gasteiger partial charge < -0.3 is 10.1 Å². The number of nitrogens with one attached hydrogen (secondary N) is 1. The van der Waals surface area contributed by atoms with Crippen molar-refractivity contribution in [3.63, 3.8) is 0 Å². The highest BCUT2D eigenvalue weighted by Gasteiger charge is 2.17. The number of fused-ring (bicyclic) bond motifs is 1. The third kappa shape index (κ3) is 5.75. The van der Waals surface area contributed by atoms with E-state index in [1.165, 1.54) is 0 Å². The highest BCUT2D eigenvalue weighted by molar-refractivity contribution is 5.97. The summed E-state index contributed by atoms with van der Waals surface area (Å²) in [5.74, 6) is 0.767. The molecule has 1 aromatic heterocycles. The average Bonchev–Trinajstić information content (AvgIpc) is 3.23. The Morgan fingerprint density at radius 2 is 1.59 bits per heavy atom. The van der Waals surface area contributed by atoms with Gasteiger partial charge in [-0.3, -0.25) is 14.3 Å². The maximum atomic E-state index is 13.2. The third-order valence-electron chi connectivity index (χ3n) is 7.04. The molecule has 1 N–H and O–H groups in total. The molecule has 6 heteroatoms. The van der Waals surface area contributed by atoms with E-state index in [2.05, 4.69) is 28.6 Å². The van der Waals surface area contributed by atoms with E-state index in [9.17, 15) is 9.59 Å². The van der Waals surface area contributed by atoms with Gasteiger partial charge in [-0.25, -0.2) is 0 Å². The predicted molar refractivity (Wildman–Crippen MR) is 153 cm³/mol. The van der Waals surface area contributed by atoms with Crippen LogP contribution in [0, 0.1) is 13.8 Å². The molecule has 4 aromatic carbocycles. The Balaban J connectivity index is 1.24. The number of ether oxygens (including phenoxy) is 1. The smallest absolute Gasteiger partial charge is 0.251 e. The molecule has 0 fully saturated rings. The van der Waals surface area contributed by atoms with Gasteiger partial charge in [0.05, 0.1) is 12.2 Å². The molecule has 1 heterocycles. The van der Waals surface area contributed by atoms with Gasteiger partial charge in [-0.05, 0) is 48.6 Å². The van der Waals surface area contributed by atoms with Gasteiger partial charge in [0, 0.05) is 41.2 Å². The van der Waals surface area contributed by atoms with Crippen molar-refractivity contribution >= 4 is 22.5 Å². The van der Waals surface area contributed by atoms with E-state index in [4.69, 9.17) is 4.74 Å². The molecule has 0 saturated heterocycles. The van der Waals surface area contributed by atoms with Crippen molar-refractivity contribution < 1.29 is 14.3 Å². The fourth-order valence-corrected chi connectivity index (χ4v) is 4.80. The zero-order chi connectivity index (χ0) is 27.4. The number of hydrogen-bond acceptors (Lipinski definition) is 4. The number of carbonyl (C=O) groups is 2. The molecular weight excluding hydrogens is 486 g/mol. The molecule has 1 amide bonds. The lowest BCUT2D eigenvalue weighted by Crippen LogP contribution is -2.18. The fraction of sp³-hybridized carbons (Fsp3) is 0.182. The minimum Gasteiger partial charge on any atom is -0.488 e. The Morgan fingerprint density at radius 3 is 2.38 bits per heavy atom. The zero-order valence-electron chi connectivity index (χ0n) is 22.4. The van der Waals surface area contributed by atoms with E-state index in [0.29, 0.717) is 24.3 Å². The van der Waals surface area contributed by atoms with E-state index in [1.54, 1.807) is 13.1 Å². The summed E-state index contributed by atoms with van der Waals surface area (Å²) in [7, 11) is 1.62. The number of aryl methyl sites for hydroxylation is 1. The van der Waals surface area contributed by atoms with Crippen molar-refractivity contribution in [2.45, 2.75) is 33.4 Å². The normalized spacial score (nSPS) is 10.9. The molecular formula is C33H31N3O3. The quantitative estimate of drug-likeness (QED) is 0.241. The summed E-state index contributed by atoms with van der Waals surface area (Å²) in [6.07, 6.45) is 0.280. The number of amides is 1. The fourth-order valence-electron chi connectivity index (χ4n) is 4.80. The minimum absolute atomic E-state index is 0.0453. The second-order valence-electron chi connectivity index (χ2n) is 9.65. The summed E-state index contributed by atoms with van der Waals surface area (Å²) in [4.78, 5) is 25.2. The molecule has 0 aliphatic heterocycles. The Hall–Kier alpha value is -4.71. The van der Waals surface area contributed by atoms with Crippen molar-refractivity contribution in [1.29, 1.82) is 0 Å². The lowest BCUT2D eigenvalue weighted by molar-refractivity contribution is 0.0961. The standard InChI is InChI=1S/C33H31N3O3/c1-22-30(23(2)36(35-22)20-25-8-6-11-28(18-25)33(38)34-3)19-31(37)27-16-14-24(15-17-27)21-39-32-13-7-10-26-9-4-5-12-29(26)32/h4-18H,19-21H2,1-3H3,(H,34,38). The molecule has 0 spiro atoms. The Kier molecular flexibility index (Phi) is 7.55. The SMILES string of the molecule is CNC(=O)c1cccc(Cn2nc(C)c(CC(=O)c3ccc(COc4cccc5ccccc45)cc3)c2C)c1.